The van der Waals surface area contributed by atoms with Crippen molar-refractivity contribution in [2.75, 3.05) is 39.5 Å². The Hall–Kier alpha value is -0.160. The number of aliphatic hydroxyl groups excluding tert-OH is 3. The summed E-state index contributed by atoms with van der Waals surface area (Å²) in [5, 5.41) is 25.9. The zero-order valence-corrected chi connectivity index (χ0v) is 8.15. The van der Waals surface area contributed by atoms with Gasteiger partial charge in [0.2, 0.25) is 0 Å². The van der Waals surface area contributed by atoms with Crippen molar-refractivity contribution in [3.05, 3.63) is 0 Å². The Labute approximate surface area is 79.8 Å². The standard InChI is InChI=1S/C9H21NO3/c11-7-2-1-4-10(6-9-13)5-3-8-12/h11-13H,1-9H2. The molecule has 0 aromatic carbocycles. The Balaban J connectivity index is 3.41. The molecule has 0 heterocycles. The molecule has 0 aliphatic heterocycles. The summed E-state index contributed by atoms with van der Waals surface area (Å²) >= 11 is 0. The monoisotopic (exact) mass is 191 g/mol. The molecule has 0 aromatic heterocycles. The van der Waals surface area contributed by atoms with Crippen molar-refractivity contribution < 1.29 is 15.3 Å². The third-order valence-corrected chi connectivity index (χ3v) is 1.93. The van der Waals surface area contributed by atoms with Crippen LogP contribution in [-0.2, 0) is 0 Å². The fourth-order valence-electron chi connectivity index (χ4n) is 1.22. The predicted molar refractivity (Wildman–Crippen MR) is 51.5 cm³/mol. The van der Waals surface area contributed by atoms with Crippen LogP contribution in [0.4, 0.5) is 0 Å². The molecule has 0 saturated carbocycles. The molecule has 0 aromatic rings. The zero-order valence-electron chi connectivity index (χ0n) is 8.15. The second-order valence-corrected chi connectivity index (χ2v) is 3.07. The Morgan fingerprint density at radius 1 is 0.615 bits per heavy atom. The summed E-state index contributed by atoms with van der Waals surface area (Å²) in [5.74, 6) is 0. The summed E-state index contributed by atoms with van der Waals surface area (Å²) in [6.45, 7) is 2.95. The molecule has 4 heteroatoms. The summed E-state index contributed by atoms with van der Waals surface area (Å²) < 4.78 is 0. The molecule has 0 bridgehead atoms. The summed E-state index contributed by atoms with van der Waals surface area (Å²) in [6, 6.07) is 0. The highest BCUT2D eigenvalue weighted by molar-refractivity contribution is 4.57. The van der Waals surface area contributed by atoms with E-state index in [1.807, 2.05) is 0 Å². The molecule has 0 fully saturated rings. The van der Waals surface area contributed by atoms with Crippen molar-refractivity contribution in [1.29, 1.82) is 0 Å². The van der Waals surface area contributed by atoms with Crippen LogP contribution >= 0.6 is 0 Å². The molecular formula is C9H21NO3. The molecule has 3 N–H and O–H groups in total. The van der Waals surface area contributed by atoms with Crippen LogP contribution in [-0.4, -0.2) is 59.7 Å². The number of nitrogens with zero attached hydrogens (tertiary/aromatic N) is 1. The van der Waals surface area contributed by atoms with Gasteiger partial charge in [-0.15, -0.1) is 0 Å². The van der Waals surface area contributed by atoms with E-state index in [2.05, 4.69) is 4.90 Å². The van der Waals surface area contributed by atoms with E-state index in [0.717, 1.165) is 32.4 Å². The normalized spacial score (nSPS) is 11.1. The Morgan fingerprint density at radius 3 is 1.77 bits per heavy atom. The Kier molecular flexibility index (Phi) is 9.80. The molecule has 0 atom stereocenters. The maximum atomic E-state index is 8.74. The molecule has 4 nitrogen and oxygen atoms in total. The van der Waals surface area contributed by atoms with E-state index in [4.69, 9.17) is 15.3 Å². The molecule has 0 radical (unpaired) electrons. The minimum absolute atomic E-state index is 0.157. The largest absolute Gasteiger partial charge is 0.396 e. The molecule has 0 aliphatic carbocycles. The van der Waals surface area contributed by atoms with Crippen molar-refractivity contribution >= 4 is 0 Å². The highest BCUT2D eigenvalue weighted by Gasteiger charge is 2.02. The van der Waals surface area contributed by atoms with Gasteiger partial charge in [0.15, 0.2) is 0 Å². The third-order valence-electron chi connectivity index (χ3n) is 1.93. The second-order valence-electron chi connectivity index (χ2n) is 3.07. The molecule has 0 amide bonds. The predicted octanol–water partition coefficient (Wildman–Crippen LogP) is -0.564. The molecule has 0 spiro atoms. The minimum Gasteiger partial charge on any atom is -0.396 e. The van der Waals surface area contributed by atoms with Gasteiger partial charge >= 0.3 is 0 Å². The number of hydrogen-bond acceptors (Lipinski definition) is 4. The van der Waals surface area contributed by atoms with Gasteiger partial charge in [0.05, 0.1) is 6.61 Å². The van der Waals surface area contributed by atoms with Gasteiger partial charge in [-0.05, 0) is 25.8 Å². The van der Waals surface area contributed by atoms with Crippen LogP contribution in [0.15, 0.2) is 0 Å². The van der Waals surface area contributed by atoms with Crippen molar-refractivity contribution in [2.45, 2.75) is 19.3 Å². The van der Waals surface area contributed by atoms with Gasteiger partial charge in [-0.2, -0.15) is 0 Å². The highest BCUT2D eigenvalue weighted by atomic mass is 16.3. The lowest BCUT2D eigenvalue weighted by molar-refractivity contribution is 0.173. The Morgan fingerprint density at radius 2 is 1.23 bits per heavy atom. The SMILES string of the molecule is OCCCCN(CCO)CCCO. The van der Waals surface area contributed by atoms with Gasteiger partial charge in [0.1, 0.15) is 0 Å². The van der Waals surface area contributed by atoms with E-state index in [9.17, 15) is 0 Å². The van der Waals surface area contributed by atoms with Crippen molar-refractivity contribution in [1.82, 2.24) is 4.90 Å². The van der Waals surface area contributed by atoms with E-state index in [0.29, 0.717) is 6.54 Å². The second kappa shape index (κ2) is 9.92. The number of rotatable bonds is 9. The van der Waals surface area contributed by atoms with E-state index in [-0.39, 0.29) is 19.8 Å². The minimum atomic E-state index is 0.157. The van der Waals surface area contributed by atoms with Gasteiger partial charge in [-0.25, -0.2) is 0 Å². The summed E-state index contributed by atoms with van der Waals surface area (Å²) in [7, 11) is 0. The first kappa shape index (κ1) is 12.8. The van der Waals surface area contributed by atoms with Crippen LogP contribution in [0.25, 0.3) is 0 Å². The fraction of sp³-hybridized carbons (Fsp3) is 1.00. The lowest BCUT2D eigenvalue weighted by atomic mass is 10.3. The Bertz CT molecular complexity index is 101. The average Bonchev–Trinajstić information content (AvgIpc) is 2.14. The van der Waals surface area contributed by atoms with Gasteiger partial charge < -0.3 is 20.2 Å². The van der Waals surface area contributed by atoms with Crippen LogP contribution in [0.3, 0.4) is 0 Å². The molecule has 0 saturated heterocycles. The zero-order chi connectivity index (χ0) is 9.94. The average molecular weight is 191 g/mol. The molecule has 80 valence electrons. The molecular weight excluding hydrogens is 170 g/mol. The molecule has 0 rings (SSSR count). The van der Waals surface area contributed by atoms with Crippen molar-refractivity contribution in [3.63, 3.8) is 0 Å². The van der Waals surface area contributed by atoms with Crippen LogP contribution in [0.1, 0.15) is 19.3 Å². The van der Waals surface area contributed by atoms with Crippen LogP contribution in [0.2, 0.25) is 0 Å². The van der Waals surface area contributed by atoms with Gasteiger partial charge in [-0.1, -0.05) is 0 Å². The maximum Gasteiger partial charge on any atom is 0.0558 e. The fourth-order valence-corrected chi connectivity index (χ4v) is 1.22. The number of hydrogen-bond donors (Lipinski definition) is 3. The van der Waals surface area contributed by atoms with Gasteiger partial charge in [0.25, 0.3) is 0 Å². The van der Waals surface area contributed by atoms with Crippen molar-refractivity contribution in [2.24, 2.45) is 0 Å². The van der Waals surface area contributed by atoms with E-state index < -0.39 is 0 Å². The summed E-state index contributed by atoms with van der Waals surface area (Å²) in [6.07, 6.45) is 2.50. The summed E-state index contributed by atoms with van der Waals surface area (Å²) in [4.78, 5) is 2.10. The van der Waals surface area contributed by atoms with E-state index in [1.165, 1.54) is 0 Å². The van der Waals surface area contributed by atoms with E-state index >= 15 is 0 Å². The summed E-state index contributed by atoms with van der Waals surface area (Å²) in [5.41, 5.74) is 0. The van der Waals surface area contributed by atoms with Crippen molar-refractivity contribution in [3.8, 4) is 0 Å². The van der Waals surface area contributed by atoms with Gasteiger partial charge in [-0.3, -0.25) is 0 Å². The van der Waals surface area contributed by atoms with Gasteiger partial charge in [0, 0.05) is 26.3 Å². The van der Waals surface area contributed by atoms with E-state index in [1.54, 1.807) is 0 Å². The topological polar surface area (TPSA) is 63.9 Å². The first-order valence-corrected chi connectivity index (χ1v) is 4.90. The highest BCUT2D eigenvalue weighted by Crippen LogP contribution is 1.96. The first-order valence-electron chi connectivity index (χ1n) is 4.90. The molecule has 0 aliphatic rings. The first-order chi connectivity index (χ1) is 6.35. The lowest BCUT2D eigenvalue weighted by Crippen LogP contribution is -2.29. The quantitative estimate of drug-likeness (QED) is 0.427. The number of unbranched alkanes of at least 4 members (excludes halogenated alkanes) is 1. The molecule has 13 heavy (non-hydrogen) atoms. The number of aliphatic hydroxyl groups is 3. The van der Waals surface area contributed by atoms with Crippen LogP contribution in [0.5, 0.6) is 0 Å². The molecule has 0 unspecified atom stereocenters. The maximum absolute atomic E-state index is 8.74. The van der Waals surface area contributed by atoms with Crippen LogP contribution < -0.4 is 0 Å². The smallest absolute Gasteiger partial charge is 0.0558 e. The third kappa shape index (κ3) is 8.18. The van der Waals surface area contributed by atoms with Crippen LogP contribution in [0, 0.1) is 0 Å². The lowest BCUT2D eigenvalue weighted by Gasteiger charge is -2.20.